The van der Waals surface area contributed by atoms with Crippen LogP contribution in [0.4, 0.5) is 5.69 Å². The van der Waals surface area contributed by atoms with Crippen molar-refractivity contribution in [3.05, 3.63) is 59.7 Å². The molecule has 0 bridgehead atoms. The van der Waals surface area contributed by atoms with Gasteiger partial charge in [0.05, 0.1) is 24.6 Å². The molecule has 0 heterocycles. The molecule has 0 saturated carbocycles. The van der Waals surface area contributed by atoms with Gasteiger partial charge >= 0.3 is 5.97 Å². The molecule has 2 aromatic rings. The van der Waals surface area contributed by atoms with Crippen LogP contribution in [0, 0.1) is 0 Å². The summed E-state index contributed by atoms with van der Waals surface area (Å²) in [6.45, 7) is 0. The Hall–Kier alpha value is -2.82. The Balaban J connectivity index is 2.04. The van der Waals surface area contributed by atoms with Crippen molar-refractivity contribution in [2.45, 2.75) is 0 Å². The molecule has 20 heavy (non-hydrogen) atoms. The van der Waals surface area contributed by atoms with Gasteiger partial charge in [-0.05, 0) is 36.4 Å². The van der Waals surface area contributed by atoms with Gasteiger partial charge in [0.15, 0.2) is 0 Å². The smallest absolute Gasteiger partial charge is 0.335 e. The molecule has 0 saturated heterocycles. The summed E-state index contributed by atoms with van der Waals surface area (Å²) in [5, 5.41) is 12.9. The van der Waals surface area contributed by atoms with Crippen LogP contribution in [-0.4, -0.2) is 24.4 Å². The number of hydrogen-bond acceptors (Lipinski definition) is 4. The molecule has 0 aliphatic rings. The van der Waals surface area contributed by atoms with Crippen molar-refractivity contribution in [3.8, 4) is 5.75 Å². The Kier molecular flexibility index (Phi) is 4.34. The molecule has 2 aromatic carbocycles. The first-order chi connectivity index (χ1) is 9.70. The number of nitrogens with zero attached hydrogens (tertiary/aromatic N) is 1. The van der Waals surface area contributed by atoms with Crippen LogP contribution in [0.1, 0.15) is 15.9 Å². The van der Waals surface area contributed by atoms with Gasteiger partial charge in [0.2, 0.25) is 0 Å². The highest BCUT2D eigenvalue weighted by Gasteiger charge is 2.01. The van der Waals surface area contributed by atoms with E-state index < -0.39 is 5.97 Å². The Bertz CT molecular complexity index is 621. The zero-order chi connectivity index (χ0) is 14.4. The molecule has 0 fully saturated rings. The van der Waals surface area contributed by atoms with Gasteiger partial charge in [0.25, 0.3) is 0 Å². The molecule has 2 N–H and O–H groups in total. The second kappa shape index (κ2) is 6.38. The molecular formula is C15H14N2O3. The number of nitrogens with one attached hydrogen (secondary N) is 1. The normalized spacial score (nSPS) is 10.4. The maximum Gasteiger partial charge on any atom is 0.335 e. The number of ether oxygens (including phenoxy) is 1. The molecule has 5 heteroatoms. The lowest BCUT2D eigenvalue weighted by Crippen LogP contribution is -1.97. The molecule has 0 aliphatic carbocycles. The van der Waals surface area contributed by atoms with E-state index in [1.807, 2.05) is 24.3 Å². The fraction of sp³-hybridized carbons (Fsp3) is 0.0667. The van der Waals surface area contributed by atoms with Crippen LogP contribution in [0.25, 0.3) is 0 Å². The Morgan fingerprint density at radius 1 is 1.20 bits per heavy atom. The molecule has 0 unspecified atom stereocenters. The highest BCUT2D eigenvalue weighted by Crippen LogP contribution is 2.15. The Morgan fingerprint density at radius 2 is 1.90 bits per heavy atom. The average Bonchev–Trinajstić information content (AvgIpc) is 2.48. The van der Waals surface area contributed by atoms with E-state index >= 15 is 0 Å². The van der Waals surface area contributed by atoms with Crippen LogP contribution < -0.4 is 10.2 Å². The third-order valence-electron chi connectivity index (χ3n) is 2.67. The minimum atomic E-state index is -0.950. The quantitative estimate of drug-likeness (QED) is 0.647. The number of benzene rings is 2. The lowest BCUT2D eigenvalue weighted by atomic mass is 10.2. The number of methoxy groups -OCH3 is 1. The summed E-state index contributed by atoms with van der Waals surface area (Å²) in [5.41, 5.74) is 4.63. The van der Waals surface area contributed by atoms with Crippen molar-refractivity contribution < 1.29 is 14.6 Å². The molecular weight excluding hydrogens is 256 g/mol. The third kappa shape index (κ3) is 3.35. The third-order valence-corrected chi connectivity index (χ3v) is 2.67. The number of rotatable bonds is 5. The van der Waals surface area contributed by atoms with Gasteiger partial charge in [-0.25, -0.2) is 4.79 Å². The van der Waals surface area contributed by atoms with Crippen molar-refractivity contribution in [3.63, 3.8) is 0 Å². The molecule has 0 aromatic heterocycles. The van der Waals surface area contributed by atoms with Gasteiger partial charge in [-0.3, -0.25) is 5.43 Å². The minimum Gasteiger partial charge on any atom is -0.496 e. The van der Waals surface area contributed by atoms with E-state index in [0.717, 1.165) is 11.3 Å². The zero-order valence-electron chi connectivity index (χ0n) is 10.9. The number of carboxylic acids is 1. The van der Waals surface area contributed by atoms with E-state index in [1.54, 1.807) is 25.5 Å². The molecule has 0 aliphatic heterocycles. The first-order valence-corrected chi connectivity index (χ1v) is 5.96. The highest BCUT2D eigenvalue weighted by atomic mass is 16.5. The van der Waals surface area contributed by atoms with Crippen LogP contribution in [0.5, 0.6) is 5.75 Å². The van der Waals surface area contributed by atoms with Gasteiger partial charge in [-0.15, -0.1) is 0 Å². The number of anilines is 1. The summed E-state index contributed by atoms with van der Waals surface area (Å²) >= 11 is 0. The van der Waals surface area contributed by atoms with Gasteiger partial charge in [-0.2, -0.15) is 5.10 Å². The van der Waals surface area contributed by atoms with Gasteiger partial charge in [-0.1, -0.05) is 12.1 Å². The van der Waals surface area contributed by atoms with E-state index in [2.05, 4.69) is 10.5 Å². The topological polar surface area (TPSA) is 70.9 Å². The Labute approximate surface area is 116 Å². The summed E-state index contributed by atoms with van der Waals surface area (Å²) < 4.78 is 5.21. The van der Waals surface area contributed by atoms with Crippen molar-refractivity contribution in [1.82, 2.24) is 0 Å². The number of carbonyl (C=O) groups is 1. The predicted octanol–water partition coefficient (Wildman–Crippen LogP) is 2.84. The van der Waals surface area contributed by atoms with Crippen LogP contribution in [0.15, 0.2) is 53.6 Å². The maximum atomic E-state index is 10.7. The summed E-state index contributed by atoms with van der Waals surface area (Å²) in [5.74, 6) is -0.214. The second-order valence-electron chi connectivity index (χ2n) is 3.99. The predicted molar refractivity (Wildman–Crippen MR) is 77.6 cm³/mol. The number of aromatic carboxylic acids is 1. The first-order valence-electron chi connectivity index (χ1n) is 5.96. The molecule has 5 nitrogen and oxygen atoms in total. The van der Waals surface area contributed by atoms with E-state index in [-0.39, 0.29) is 5.56 Å². The van der Waals surface area contributed by atoms with E-state index in [4.69, 9.17) is 9.84 Å². The van der Waals surface area contributed by atoms with E-state index in [9.17, 15) is 4.79 Å². The summed E-state index contributed by atoms with van der Waals surface area (Å²) in [7, 11) is 1.60. The largest absolute Gasteiger partial charge is 0.496 e. The van der Waals surface area contributed by atoms with E-state index in [1.165, 1.54) is 12.1 Å². The monoisotopic (exact) mass is 270 g/mol. The van der Waals surface area contributed by atoms with Crippen LogP contribution in [0.2, 0.25) is 0 Å². The number of para-hydroxylation sites is 1. The van der Waals surface area contributed by atoms with Gasteiger partial charge < -0.3 is 9.84 Å². The van der Waals surface area contributed by atoms with Crippen molar-refractivity contribution in [2.24, 2.45) is 5.10 Å². The lowest BCUT2D eigenvalue weighted by molar-refractivity contribution is 0.0697. The fourth-order valence-corrected chi connectivity index (χ4v) is 1.64. The standard InChI is InChI=1S/C15H14N2O3/c1-20-14-5-3-2-4-12(14)10-16-17-13-8-6-11(7-9-13)15(18)19/h2-10,17H,1H3,(H,18,19)/b16-10+. The van der Waals surface area contributed by atoms with Crippen molar-refractivity contribution in [2.75, 3.05) is 12.5 Å². The maximum absolute atomic E-state index is 10.7. The molecule has 2 rings (SSSR count). The van der Waals surface area contributed by atoms with Crippen LogP contribution in [-0.2, 0) is 0 Å². The summed E-state index contributed by atoms with van der Waals surface area (Å²) in [4.78, 5) is 10.7. The van der Waals surface area contributed by atoms with Crippen molar-refractivity contribution >= 4 is 17.9 Å². The van der Waals surface area contributed by atoms with Crippen LogP contribution in [0.3, 0.4) is 0 Å². The van der Waals surface area contributed by atoms with Gasteiger partial charge in [0, 0.05) is 5.56 Å². The number of hydrogen-bond donors (Lipinski definition) is 2. The van der Waals surface area contributed by atoms with Crippen molar-refractivity contribution in [1.29, 1.82) is 0 Å². The average molecular weight is 270 g/mol. The zero-order valence-corrected chi connectivity index (χ0v) is 10.9. The molecule has 0 atom stereocenters. The van der Waals surface area contributed by atoms with Gasteiger partial charge in [0.1, 0.15) is 5.75 Å². The summed E-state index contributed by atoms with van der Waals surface area (Å²) in [6.07, 6.45) is 1.64. The molecule has 102 valence electrons. The molecule has 0 amide bonds. The molecule has 0 radical (unpaired) electrons. The Morgan fingerprint density at radius 3 is 2.55 bits per heavy atom. The van der Waals surface area contributed by atoms with Crippen LogP contribution >= 0.6 is 0 Å². The number of hydrazone groups is 1. The highest BCUT2D eigenvalue weighted by molar-refractivity contribution is 5.88. The second-order valence-corrected chi connectivity index (χ2v) is 3.99. The number of carboxylic acid groups (broad SMARTS) is 1. The first kappa shape index (κ1) is 13.6. The SMILES string of the molecule is COc1ccccc1/C=N/Nc1ccc(C(=O)O)cc1. The molecule has 0 spiro atoms. The minimum absolute atomic E-state index is 0.240. The fourth-order valence-electron chi connectivity index (χ4n) is 1.64. The summed E-state index contributed by atoms with van der Waals surface area (Å²) in [6, 6.07) is 13.9. The lowest BCUT2D eigenvalue weighted by Gasteiger charge is -2.04. The van der Waals surface area contributed by atoms with E-state index in [0.29, 0.717) is 5.69 Å².